The number of hydrogen-bond acceptors (Lipinski definition) is 5. The molecule has 5 rings (SSSR count). The Labute approximate surface area is 225 Å². The first-order chi connectivity index (χ1) is 18.6. The van der Waals surface area contributed by atoms with Crippen LogP contribution in [-0.4, -0.2) is 82.9 Å². The zero-order valence-electron chi connectivity index (χ0n) is 22.1. The van der Waals surface area contributed by atoms with Gasteiger partial charge in [0.25, 0.3) is 5.91 Å². The number of benzene rings is 2. The van der Waals surface area contributed by atoms with Crippen molar-refractivity contribution in [2.45, 2.75) is 38.4 Å². The summed E-state index contributed by atoms with van der Waals surface area (Å²) in [5.41, 5.74) is 4.35. The number of nitrogens with one attached hydrogen (secondary N) is 1. The van der Waals surface area contributed by atoms with Crippen molar-refractivity contribution in [1.82, 2.24) is 25.0 Å². The molecule has 2 atom stereocenters. The molecule has 0 spiro atoms. The van der Waals surface area contributed by atoms with Gasteiger partial charge in [-0.05, 0) is 48.6 Å². The van der Waals surface area contributed by atoms with Gasteiger partial charge in [-0.25, -0.2) is 0 Å². The highest BCUT2D eigenvalue weighted by atomic mass is 16.2. The van der Waals surface area contributed by atoms with Crippen LogP contribution in [0.5, 0.6) is 0 Å². The zero-order chi connectivity index (χ0) is 26.3. The number of carbonyl (C=O) groups is 2. The normalized spacial score (nSPS) is 19.6. The Morgan fingerprint density at radius 2 is 1.76 bits per heavy atom. The number of rotatable bonds is 8. The number of nitrogens with zero attached hydrogens (tertiary/aromatic N) is 4. The van der Waals surface area contributed by atoms with Crippen molar-refractivity contribution in [3.63, 3.8) is 0 Å². The number of pyridine rings is 1. The molecule has 1 aromatic heterocycles. The van der Waals surface area contributed by atoms with Crippen LogP contribution in [0, 0.1) is 6.92 Å². The number of hydrogen-bond donors (Lipinski definition) is 1. The zero-order valence-corrected chi connectivity index (χ0v) is 22.1. The number of carbonyl (C=O) groups excluding carboxylic acids is 2. The molecule has 3 aromatic rings. The van der Waals surface area contributed by atoms with Crippen LogP contribution in [-0.2, 0) is 17.8 Å². The van der Waals surface area contributed by atoms with E-state index < -0.39 is 6.04 Å². The Morgan fingerprint density at radius 1 is 1.00 bits per heavy atom. The predicted molar refractivity (Wildman–Crippen MR) is 149 cm³/mol. The number of amides is 2. The van der Waals surface area contributed by atoms with E-state index in [1.807, 2.05) is 11.0 Å². The summed E-state index contributed by atoms with van der Waals surface area (Å²) >= 11 is 0. The van der Waals surface area contributed by atoms with Gasteiger partial charge in [0.05, 0.1) is 5.56 Å². The Kier molecular flexibility index (Phi) is 8.46. The topological polar surface area (TPSA) is 68.8 Å². The smallest absolute Gasteiger partial charge is 0.256 e. The van der Waals surface area contributed by atoms with Crippen LogP contribution in [0.15, 0.2) is 79.1 Å². The second kappa shape index (κ2) is 12.3. The Balaban J connectivity index is 1.42. The third-order valence-electron chi connectivity index (χ3n) is 7.84. The van der Waals surface area contributed by atoms with Gasteiger partial charge in [-0.3, -0.25) is 19.5 Å². The Hall–Kier alpha value is -3.55. The van der Waals surface area contributed by atoms with E-state index in [1.165, 1.54) is 16.7 Å². The van der Waals surface area contributed by atoms with Gasteiger partial charge in [0.1, 0.15) is 6.04 Å². The summed E-state index contributed by atoms with van der Waals surface area (Å²) < 4.78 is 0. The van der Waals surface area contributed by atoms with Crippen LogP contribution in [0.3, 0.4) is 0 Å². The van der Waals surface area contributed by atoms with Gasteiger partial charge in [-0.15, -0.1) is 0 Å². The summed E-state index contributed by atoms with van der Waals surface area (Å²) in [6.07, 6.45) is 4.81. The summed E-state index contributed by atoms with van der Waals surface area (Å²) in [5, 5.41) is 3.32. The third kappa shape index (κ3) is 6.11. The molecule has 7 heteroatoms. The molecule has 7 nitrogen and oxygen atoms in total. The van der Waals surface area contributed by atoms with E-state index in [-0.39, 0.29) is 17.9 Å². The number of aromatic nitrogens is 1. The average molecular weight is 512 g/mol. The first kappa shape index (κ1) is 26.1. The molecule has 2 aromatic carbocycles. The van der Waals surface area contributed by atoms with E-state index in [4.69, 9.17) is 0 Å². The molecular formula is C31H37N5O2. The summed E-state index contributed by atoms with van der Waals surface area (Å²) in [5.74, 6) is -0.0573. The largest absolute Gasteiger partial charge is 0.338 e. The molecule has 38 heavy (non-hydrogen) atoms. The molecular weight excluding hydrogens is 474 g/mol. The molecule has 1 N–H and O–H groups in total. The highest BCUT2D eigenvalue weighted by Gasteiger charge is 2.43. The minimum atomic E-state index is -0.470. The fourth-order valence-electron chi connectivity index (χ4n) is 5.60. The lowest BCUT2D eigenvalue weighted by Gasteiger charge is -2.32. The maximum atomic E-state index is 13.8. The van der Waals surface area contributed by atoms with Gasteiger partial charge in [0.2, 0.25) is 5.91 Å². The first-order valence-corrected chi connectivity index (χ1v) is 13.6. The number of piperazine rings is 1. The fourth-order valence-corrected chi connectivity index (χ4v) is 5.60. The molecule has 2 fully saturated rings. The second-order valence-corrected chi connectivity index (χ2v) is 10.3. The summed E-state index contributed by atoms with van der Waals surface area (Å²) in [7, 11) is 0. The highest BCUT2D eigenvalue weighted by molar-refractivity contribution is 5.97. The van der Waals surface area contributed by atoms with Crippen molar-refractivity contribution < 1.29 is 9.59 Å². The lowest BCUT2D eigenvalue weighted by molar-refractivity contribution is -0.135. The van der Waals surface area contributed by atoms with Crippen LogP contribution < -0.4 is 5.32 Å². The minimum Gasteiger partial charge on any atom is -0.338 e. The minimum absolute atomic E-state index is 0.0603. The quantitative estimate of drug-likeness (QED) is 0.503. The van der Waals surface area contributed by atoms with Crippen molar-refractivity contribution in [3.05, 3.63) is 101 Å². The average Bonchev–Trinajstić information content (AvgIpc) is 3.42. The van der Waals surface area contributed by atoms with Crippen LogP contribution in [0.4, 0.5) is 0 Å². The van der Waals surface area contributed by atoms with E-state index in [1.54, 1.807) is 29.4 Å². The van der Waals surface area contributed by atoms with Gasteiger partial charge in [-0.2, -0.15) is 0 Å². The monoisotopic (exact) mass is 511 g/mol. The molecule has 2 saturated heterocycles. The lowest BCUT2D eigenvalue weighted by atomic mass is 10.0. The number of likely N-dealkylation sites (tertiary alicyclic amines) is 1. The van der Waals surface area contributed by atoms with Crippen molar-refractivity contribution in [3.8, 4) is 0 Å². The molecule has 2 amide bonds. The molecule has 0 radical (unpaired) electrons. The van der Waals surface area contributed by atoms with E-state index in [0.29, 0.717) is 31.6 Å². The van der Waals surface area contributed by atoms with E-state index in [9.17, 15) is 9.59 Å². The maximum absolute atomic E-state index is 13.8. The summed E-state index contributed by atoms with van der Waals surface area (Å²) in [4.78, 5) is 37.8. The molecule has 3 heterocycles. The van der Waals surface area contributed by atoms with Crippen LogP contribution in [0.1, 0.15) is 33.5 Å². The predicted octanol–water partition coefficient (Wildman–Crippen LogP) is 3.15. The molecule has 2 unspecified atom stereocenters. The van der Waals surface area contributed by atoms with Crippen LogP contribution in [0.25, 0.3) is 0 Å². The lowest BCUT2D eigenvalue weighted by Crippen LogP contribution is -2.53. The van der Waals surface area contributed by atoms with Crippen molar-refractivity contribution in [2.75, 3.05) is 39.3 Å². The van der Waals surface area contributed by atoms with Crippen molar-refractivity contribution in [1.29, 1.82) is 0 Å². The molecule has 0 bridgehead atoms. The first-order valence-electron chi connectivity index (χ1n) is 13.6. The highest BCUT2D eigenvalue weighted by Crippen LogP contribution is 2.28. The van der Waals surface area contributed by atoms with E-state index in [2.05, 4.69) is 70.7 Å². The molecule has 0 aliphatic carbocycles. The molecule has 198 valence electrons. The van der Waals surface area contributed by atoms with E-state index >= 15 is 0 Å². The molecule has 2 aliphatic rings. The summed E-state index contributed by atoms with van der Waals surface area (Å²) in [6, 6.07) is 22.2. The number of aryl methyl sites for hydroxylation is 1. The standard InChI is InChI=1S/C31H37N5O2/c1-24-8-5-6-11-27(24)22-35(17-13-25-9-3-2-4-10-25)28-20-29(31(38)34-18-15-32-16-19-34)36(23-28)30(37)26-12-7-14-33-21-26/h2-12,14,21,28-29,32H,13,15-20,22-23H2,1H3. The van der Waals surface area contributed by atoms with Crippen molar-refractivity contribution >= 4 is 11.8 Å². The second-order valence-electron chi connectivity index (χ2n) is 10.3. The third-order valence-corrected chi connectivity index (χ3v) is 7.84. The van der Waals surface area contributed by atoms with Crippen LogP contribution in [0.2, 0.25) is 0 Å². The van der Waals surface area contributed by atoms with Crippen molar-refractivity contribution in [2.24, 2.45) is 0 Å². The fraction of sp³-hybridized carbons (Fsp3) is 0.387. The Morgan fingerprint density at radius 3 is 2.50 bits per heavy atom. The summed E-state index contributed by atoms with van der Waals surface area (Å²) in [6.45, 7) is 7.24. The van der Waals surface area contributed by atoms with Gasteiger partial charge in [-0.1, -0.05) is 54.6 Å². The van der Waals surface area contributed by atoms with E-state index in [0.717, 1.165) is 32.6 Å². The SMILES string of the molecule is Cc1ccccc1CN(CCc1ccccc1)C1CC(C(=O)N2CCNCC2)N(C(=O)c2cccnc2)C1. The molecule has 2 aliphatic heterocycles. The maximum Gasteiger partial charge on any atom is 0.256 e. The van der Waals surface area contributed by atoms with Gasteiger partial charge < -0.3 is 15.1 Å². The molecule has 0 saturated carbocycles. The van der Waals surface area contributed by atoms with Gasteiger partial charge in [0, 0.05) is 64.2 Å². The van der Waals surface area contributed by atoms with Gasteiger partial charge >= 0.3 is 0 Å². The van der Waals surface area contributed by atoms with Gasteiger partial charge in [0.15, 0.2) is 0 Å². The van der Waals surface area contributed by atoms with Crippen LogP contribution >= 0.6 is 0 Å². The Bertz CT molecular complexity index is 1210.